The first kappa shape index (κ1) is 16.0. The van der Waals surface area contributed by atoms with Gasteiger partial charge in [-0.05, 0) is 48.8 Å². The van der Waals surface area contributed by atoms with E-state index in [1.54, 1.807) is 4.90 Å². The second kappa shape index (κ2) is 5.99. The lowest BCUT2D eigenvalue weighted by Crippen LogP contribution is -2.40. The highest BCUT2D eigenvalue weighted by Gasteiger charge is 2.48. The van der Waals surface area contributed by atoms with Crippen LogP contribution in [0.5, 0.6) is 0 Å². The highest BCUT2D eigenvalue weighted by Crippen LogP contribution is 2.39. The van der Waals surface area contributed by atoms with E-state index in [1.807, 2.05) is 26.0 Å². The summed E-state index contributed by atoms with van der Waals surface area (Å²) >= 11 is 0. The van der Waals surface area contributed by atoms with Gasteiger partial charge < -0.3 is 10.0 Å². The molecule has 3 rings (SSSR count). The number of benzene rings is 1. The first-order valence-corrected chi connectivity index (χ1v) is 8.56. The minimum Gasteiger partial charge on any atom is -0.481 e. The molecule has 2 aliphatic rings. The van der Waals surface area contributed by atoms with Crippen molar-refractivity contribution in [3.63, 3.8) is 0 Å². The van der Waals surface area contributed by atoms with Gasteiger partial charge in [-0.2, -0.15) is 0 Å². The molecule has 0 bridgehead atoms. The minimum absolute atomic E-state index is 0.0128. The number of aliphatic carboxylic acids is 1. The van der Waals surface area contributed by atoms with Gasteiger partial charge in [0.2, 0.25) is 0 Å². The summed E-state index contributed by atoms with van der Waals surface area (Å²) in [5, 5.41) is 9.60. The molecule has 1 aromatic carbocycles. The third kappa shape index (κ3) is 2.75. The summed E-state index contributed by atoms with van der Waals surface area (Å²) in [6.07, 6.45) is 4.32. The number of carboxylic acids is 1. The van der Waals surface area contributed by atoms with E-state index in [-0.39, 0.29) is 11.8 Å². The molecule has 1 aliphatic carbocycles. The van der Waals surface area contributed by atoms with Crippen molar-refractivity contribution in [3.8, 4) is 0 Å². The van der Waals surface area contributed by atoms with E-state index in [0.717, 1.165) is 0 Å². The number of hydrogen-bond donors (Lipinski definition) is 1. The van der Waals surface area contributed by atoms with Crippen LogP contribution >= 0.6 is 0 Å². The van der Waals surface area contributed by atoms with Crippen molar-refractivity contribution < 1.29 is 14.7 Å². The minimum atomic E-state index is -0.804. The molecule has 23 heavy (non-hydrogen) atoms. The third-order valence-electron chi connectivity index (χ3n) is 5.85. The average molecular weight is 315 g/mol. The Morgan fingerprint density at radius 2 is 1.87 bits per heavy atom. The molecule has 1 atom stereocenters. The molecule has 4 nitrogen and oxygen atoms in total. The predicted octanol–water partition coefficient (Wildman–Crippen LogP) is 3.53. The molecular weight excluding hydrogens is 290 g/mol. The third-order valence-corrected chi connectivity index (χ3v) is 5.85. The summed E-state index contributed by atoms with van der Waals surface area (Å²) in [4.78, 5) is 26.1. The van der Waals surface area contributed by atoms with Gasteiger partial charge in [-0.25, -0.2) is 0 Å². The monoisotopic (exact) mass is 315 g/mol. The largest absolute Gasteiger partial charge is 0.481 e. The van der Waals surface area contributed by atoms with Gasteiger partial charge in [-0.15, -0.1) is 0 Å². The summed E-state index contributed by atoms with van der Waals surface area (Å²) in [6, 6.07) is 7.90. The van der Waals surface area contributed by atoms with Crippen LogP contribution in [0.15, 0.2) is 24.3 Å². The summed E-state index contributed by atoms with van der Waals surface area (Å²) in [5.74, 6) is -0.164. The Morgan fingerprint density at radius 3 is 2.30 bits per heavy atom. The van der Waals surface area contributed by atoms with E-state index in [4.69, 9.17) is 0 Å². The van der Waals surface area contributed by atoms with E-state index >= 15 is 0 Å². The Kier molecular flexibility index (Phi) is 4.17. The van der Waals surface area contributed by atoms with Crippen molar-refractivity contribution in [2.24, 2.45) is 11.3 Å². The zero-order valence-corrected chi connectivity index (χ0v) is 13.9. The van der Waals surface area contributed by atoms with Crippen LogP contribution in [0.1, 0.15) is 61.4 Å². The van der Waals surface area contributed by atoms with Crippen LogP contribution in [0.4, 0.5) is 0 Å². The highest BCUT2D eigenvalue weighted by molar-refractivity contribution is 5.95. The molecule has 1 saturated heterocycles. The lowest BCUT2D eigenvalue weighted by molar-refractivity contribution is -0.150. The SMILES string of the molecule is CC(C)C1(C(=O)O)CCN(C(=O)c2ccc(C3CCC3)cc2)C1. The Balaban J connectivity index is 1.72. The Labute approximate surface area is 137 Å². The second-order valence-electron chi connectivity index (χ2n) is 7.34. The molecule has 1 unspecified atom stereocenters. The quantitative estimate of drug-likeness (QED) is 0.924. The van der Waals surface area contributed by atoms with Crippen molar-refractivity contribution >= 4 is 11.9 Å². The smallest absolute Gasteiger partial charge is 0.311 e. The fourth-order valence-electron chi connectivity index (χ4n) is 3.72. The summed E-state index contributed by atoms with van der Waals surface area (Å²) < 4.78 is 0. The van der Waals surface area contributed by atoms with Crippen LogP contribution in [0.25, 0.3) is 0 Å². The van der Waals surface area contributed by atoms with Gasteiger partial charge in [0.15, 0.2) is 0 Å². The lowest BCUT2D eigenvalue weighted by Gasteiger charge is -2.28. The number of carboxylic acid groups (broad SMARTS) is 1. The number of carbonyl (C=O) groups is 2. The van der Waals surface area contributed by atoms with Crippen LogP contribution in [0.2, 0.25) is 0 Å². The molecular formula is C19H25NO3. The predicted molar refractivity (Wildman–Crippen MR) is 88.5 cm³/mol. The molecule has 2 fully saturated rings. The van der Waals surface area contributed by atoms with Crippen molar-refractivity contribution in [2.75, 3.05) is 13.1 Å². The van der Waals surface area contributed by atoms with Crippen molar-refractivity contribution in [1.82, 2.24) is 4.90 Å². The Hall–Kier alpha value is -1.84. The zero-order chi connectivity index (χ0) is 16.6. The van der Waals surface area contributed by atoms with E-state index in [1.165, 1.54) is 24.8 Å². The van der Waals surface area contributed by atoms with Crippen molar-refractivity contribution in [2.45, 2.75) is 45.4 Å². The normalized spacial score (nSPS) is 24.7. The maximum Gasteiger partial charge on any atom is 0.311 e. The van der Waals surface area contributed by atoms with Gasteiger partial charge >= 0.3 is 5.97 Å². The first-order chi connectivity index (χ1) is 10.9. The van der Waals surface area contributed by atoms with Gasteiger partial charge in [-0.3, -0.25) is 9.59 Å². The van der Waals surface area contributed by atoms with E-state index in [2.05, 4.69) is 12.1 Å². The molecule has 1 N–H and O–H groups in total. The number of rotatable bonds is 4. The topological polar surface area (TPSA) is 57.6 Å². The zero-order valence-electron chi connectivity index (χ0n) is 13.9. The standard InChI is InChI=1S/C19H25NO3/c1-13(2)19(18(22)23)10-11-20(12-19)17(21)16-8-6-15(7-9-16)14-4-3-5-14/h6-9,13-14H,3-5,10-12H2,1-2H3,(H,22,23). The van der Waals surface area contributed by atoms with E-state index in [9.17, 15) is 14.7 Å². The van der Waals surface area contributed by atoms with Gasteiger partial charge in [0.05, 0.1) is 5.41 Å². The van der Waals surface area contributed by atoms with Crippen molar-refractivity contribution in [3.05, 3.63) is 35.4 Å². The first-order valence-electron chi connectivity index (χ1n) is 8.56. The fraction of sp³-hybridized carbons (Fsp3) is 0.579. The van der Waals surface area contributed by atoms with Crippen LogP contribution in [-0.2, 0) is 4.79 Å². The van der Waals surface area contributed by atoms with Crippen LogP contribution in [0, 0.1) is 11.3 Å². The van der Waals surface area contributed by atoms with Gasteiger partial charge in [0, 0.05) is 18.7 Å². The molecule has 4 heteroatoms. The summed E-state index contributed by atoms with van der Waals surface area (Å²) in [5.41, 5.74) is 1.18. The molecule has 1 aliphatic heterocycles. The second-order valence-corrected chi connectivity index (χ2v) is 7.34. The number of likely N-dealkylation sites (tertiary alicyclic amines) is 1. The lowest BCUT2D eigenvalue weighted by atomic mass is 9.76. The maximum atomic E-state index is 12.7. The number of hydrogen-bond acceptors (Lipinski definition) is 2. The van der Waals surface area contributed by atoms with Crippen LogP contribution in [0.3, 0.4) is 0 Å². The molecule has 1 heterocycles. The highest BCUT2D eigenvalue weighted by atomic mass is 16.4. The molecule has 0 aromatic heterocycles. The molecule has 0 radical (unpaired) electrons. The van der Waals surface area contributed by atoms with E-state index < -0.39 is 11.4 Å². The van der Waals surface area contributed by atoms with Gasteiger partial charge in [0.25, 0.3) is 5.91 Å². The Bertz CT molecular complexity index is 604. The molecule has 1 amide bonds. The van der Waals surface area contributed by atoms with Crippen LogP contribution < -0.4 is 0 Å². The van der Waals surface area contributed by atoms with E-state index in [0.29, 0.717) is 31.0 Å². The molecule has 124 valence electrons. The molecule has 1 aromatic rings. The average Bonchev–Trinajstić information content (AvgIpc) is 2.92. The fourth-order valence-corrected chi connectivity index (χ4v) is 3.72. The number of nitrogens with zero attached hydrogens (tertiary/aromatic N) is 1. The maximum absolute atomic E-state index is 12.7. The summed E-state index contributed by atoms with van der Waals surface area (Å²) in [6.45, 7) is 4.68. The Morgan fingerprint density at radius 1 is 1.22 bits per heavy atom. The van der Waals surface area contributed by atoms with Crippen LogP contribution in [-0.4, -0.2) is 35.0 Å². The molecule has 0 spiro atoms. The number of carbonyl (C=O) groups excluding carboxylic acids is 1. The van der Waals surface area contributed by atoms with Gasteiger partial charge in [-0.1, -0.05) is 32.4 Å². The van der Waals surface area contributed by atoms with Crippen molar-refractivity contribution in [1.29, 1.82) is 0 Å². The number of amides is 1. The van der Waals surface area contributed by atoms with Gasteiger partial charge in [0.1, 0.15) is 0 Å². The molecule has 1 saturated carbocycles. The summed E-state index contributed by atoms with van der Waals surface area (Å²) in [7, 11) is 0.